The number of nitrogens with one attached hydrogen (secondary N) is 1. The summed E-state index contributed by atoms with van der Waals surface area (Å²) in [6.45, 7) is 3.60. The summed E-state index contributed by atoms with van der Waals surface area (Å²) in [5.74, 6) is 0. The Labute approximate surface area is 54.3 Å². The summed E-state index contributed by atoms with van der Waals surface area (Å²) in [6, 6.07) is 0. The fourth-order valence-corrected chi connectivity index (χ4v) is 0.612. The van der Waals surface area contributed by atoms with E-state index in [0.29, 0.717) is 6.67 Å². The summed E-state index contributed by atoms with van der Waals surface area (Å²) in [4.78, 5) is 7.74. The van der Waals surface area contributed by atoms with Gasteiger partial charge in [0, 0.05) is 6.54 Å². The first-order valence-corrected chi connectivity index (χ1v) is 2.95. The molecule has 0 saturated carbocycles. The summed E-state index contributed by atoms with van der Waals surface area (Å²) in [6.07, 6.45) is 3.27. The molecule has 4 nitrogen and oxygen atoms in total. The van der Waals surface area contributed by atoms with Gasteiger partial charge in [-0.2, -0.15) is 0 Å². The summed E-state index contributed by atoms with van der Waals surface area (Å²) >= 11 is 0. The van der Waals surface area contributed by atoms with Crippen LogP contribution in [0.15, 0.2) is 9.98 Å². The van der Waals surface area contributed by atoms with Crippen molar-refractivity contribution in [1.29, 1.82) is 0 Å². The molecule has 0 saturated heterocycles. The molecule has 0 aromatic rings. The highest BCUT2D eigenvalue weighted by Gasteiger charge is 1.95. The Morgan fingerprint density at radius 1 is 1.78 bits per heavy atom. The van der Waals surface area contributed by atoms with E-state index in [2.05, 4.69) is 15.4 Å². The van der Waals surface area contributed by atoms with Crippen molar-refractivity contribution < 1.29 is 0 Å². The molecule has 0 unspecified atom stereocenters. The molecule has 1 aliphatic rings. The van der Waals surface area contributed by atoms with E-state index in [4.69, 9.17) is 0 Å². The topological polar surface area (TPSA) is 40.0 Å². The Balaban J connectivity index is 2.28. The molecule has 0 fully saturated rings. The maximum absolute atomic E-state index is 3.92. The second kappa shape index (κ2) is 3.19. The first kappa shape index (κ1) is 6.22. The summed E-state index contributed by atoms with van der Waals surface area (Å²) in [5.41, 5.74) is 3.05. The Morgan fingerprint density at radius 2 is 2.67 bits per heavy atom. The first-order valence-electron chi connectivity index (χ1n) is 2.95. The van der Waals surface area contributed by atoms with Gasteiger partial charge in [-0.15, -0.1) is 0 Å². The van der Waals surface area contributed by atoms with E-state index in [0.717, 1.165) is 6.54 Å². The van der Waals surface area contributed by atoms with Gasteiger partial charge in [0.05, 0.1) is 0 Å². The smallest absolute Gasteiger partial charge is 0.127 e. The van der Waals surface area contributed by atoms with Gasteiger partial charge in [-0.05, 0) is 0 Å². The van der Waals surface area contributed by atoms with Crippen LogP contribution in [0.1, 0.15) is 6.92 Å². The second-order valence-electron chi connectivity index (χ2n) is 1.69. The first-order chi connectivity index (χ1) is 4.43. The standard InChI is InChI=1S/C5H10N4/c1-2-8-9-4-6-3-7-5-9/h3-4,8H,2,5H2,1H3. The zero-order valence-corrected chi connectivity index (χ0v) is 5.41. The molecule has 0 bridgehead atoms. The molecular weight excluding hydrogens is 116 g/mol. The Morgan fingerprint density at radius 3 is 3.22 bits per heavy atom. The van der Waals surface area contributed by atoms with Gasteiger partial charge < -0.3 is 0 Å². The van der Waals surface area contributed by atoms with E-state index in [1.807, 2.05) is 11.9 Å². The molecular formula is C5H10N4. The van der Waals surface area contributed by atoms with Gasteiger partial charge in [0.1, 0.15) is 19.3 Å². The van der Waals surface area contributed by atoms with Crippen molar-refractivity contribution in [2.75, 3.05) is 13.2 Å². The molecule has 9 heavy (non-hydrogen) atoms. The zero-order chi connectivity index (χ0) is 6.53. The third kappa shape index (κ3) is 1.81. The largest absolute Gasteiger partial charge is 0.276 e. The highest BCUT2D eigenvalue weighted by molar-refractivity contribution is 5.72. The van der Waals surface area contributed by atoms with Crippen LogP contribution in [0.5, 0.6) is 0 Å². The van der Waals surface area contributed by atoms with Gasteiger partial charge in [-0.3, -0.25) is 10.0 Å². The van der Waals surface area contributed by atoms with Crippen molar-refractivity contribution in [3.8, 4) is 0 Å². The quantitative estimate of drug-likeness (QED) is 0.558. The fourth-order valence-electron chi connectivity index (χ4n) is 0.612. The lowest BCUT2D eigenvalue weighted by molar-refractivity contribution is 0.333. The third-order valence-electron chi connectivity index (χ3n) is 0.950. The molecule has 0 radical (unpaired) electrons. The average molecular weight is 126 g/mol. The van der Waals surface area contributed by atoms with Crippen LogP contribution < -0.4 is 5.43 Å². The summed E-state index contributed by atoms with van der Waals surface area (Å²) in [7, 11) is 0. The number of rotatable bonds is 2. The second-order valence-corrected chi connectivity index (χ2v) is 1.69. The molecule has 0 spiro atoms. The number of hydrogen-bond acceptors (Lipinski definition) is 4. The van der Waals surface area contributed by atoms with Gasteiger partial charge >= 0.3 is 0 Å². The molecule has 1 heterocycles. The SMILES string of the molecule is CCNN1C=NC=NC1. The normalized spacial score (nSPS) is 16.8. The minimum Gasteiger partial charge on any atom is -0.276 e. The maximum Gasteiger partial charge on any atom is 0.127 e. The Bertz CT molecular complexity index is 129. The molecule has 0 aromatic heterocycles. The van der Waals surface area contributed by atoms with Gasteiger partial charge in [0.15, 0.2) is 0 Å². The molecule has 4 heteroatoms. The fraction of sp³-hybridized carbons (Fsp3) is 0.600. The Hall–Kier alpha value is -0.900. The van der Waals surface area contributed by atoms with Gasteiger partial charge in [0.25, 0.3) is 0 Å². The van der Waals surface area contributed by atoms with E-state index in [-0.39, 0.29) is 0 Å². The number of hydrogen-bond donors (Lipinski definition) is 1. The molecule has 1 aliphatic heterocycles. The van der Waals surface area contributed by atoms with E-state index in [9.17, 15) is 0 Å². The molecule has 0 atom stereocenters. The van der Waals surface area contributed by atoms with Gasteiger partial charge in [-0.25, -0.2) is 10.4 Å². The molecule has 50 valence electrons. The van der Waals surface area contributed by atoms with Crippen molar-refractivity contribution in [2.45, 2.75) is 6.92 Å². The highest BCUT2D eigenvalue weighted by atomic mass is 15.5. The minimum atomic E-state index is 0.664. The van der Waals surface area contributed by atoms with E-state index in [1.54, 1.807) is 12.7 Å². The van der Waals surface area contributed by atoms with Crippen molar-refractivity contribution in [3.63, 3.8) is 0 Å². The average Bonchev–Trinajstić information content (AvgIpc) is 1.91. The summed E-state index contributed by atoms with van der Waals surface area (Å²) < 4.78 is 0. The number of aliphatic imine (C=N–C) groups is 2. The zero-order valence-electron chi connectivity index (χ0n) is 5.41. The minimum absolute atomic E-state index is 0.664. The van der Waals surface area contributed by atoms with Crippen LogP contribution in [0.3, 0.4) is 0 Å². The molecule has 0 amide bonds. The van der Waals surface area contributed by atoms with Crippen molar-refractivity contribution >= 4 is 12.7 Å². The van der Waals surface area contributed by atoms with Crippen molar-refractivity contribution in [2.24, 2.45) is 9.98 Å². The molecule has 1 N–H and O–H groups in total. The van der Waals surface area contributed by atoms with E-state index < -0.39 is 0 Å². The molecule has 1 rings (SSSR count). The maximum atomic E-state index is 3.92. The van der Waals surface area contributed by atoms with Crippen LogP contribution in [-0.4, -0.2) is 30.9 Å². The number of nitrogens with zero attached hydrogens (tertiary/aromatic N) is 3. The Kier molecular flexibility index (Phi) is 2.21. The predicted octanol–water partition coefficient (Wildman–Crippen LogP) is -0.159. The van der Waals surface area contributed by atoms with Crippen LogP contribution in [0.4, 0.5) is 0 Å². The van der Waals surface area contributed by atoms with Gasteiger partial charge in [-0.1, -0.05) is 6.92 Å². The van der Waals surface area contributed by atoms with Crippen molar-refractivity contribution in [3.05, 3.63) is 0 Å². The van der Waals surface area contributed by atoms with Crippen LogP contribution in [0.2, 0.25) is 0 Å². The van der Waals surface area contributed by atoms with Crippen LogP contribution >= 0.6 is 0 Å². The monoisotopic (exact) mass is 126 g/mol. The summed E-state index contributed by atoms with van der Waals surface area (Å²) in [5, 5.41) is 1.83. The van der Waals surface area contributed by atoms with Crippen LogP contribution in [0.25, 0.3) is 0 Å². The highest BCUT2D eigenvalue weighted by Crippen LogP contribution is 1.82. The van der Waals surface area contributed by atoms with E-state index >= 15 is 0 Å². The lowest BCUT2D eigenvalue weighted by Crippen LogP contribution is -2.37. The van der Waals surface area contributed by atoms with Crippen LogP contribution in [0, 0.1) is 0 Å². The van der Waals surface area contributed by atoms with Crippen molar-refractivity contribution in [1.82, 2.24) is 10.4 Å². The molecule has 0 aliphatic carbocycles. The van der Waals surface area contributed by atoms with E-state index in [1.165, 1.54) is 0 Å². The predicted molar refractivity (Wildman–Crippen MR) is 37.4 cm³/mol. The lowest BCUT2D eigenvalue weighted by Gasteiger charge is -2.17. The number of hydrazine groups is 1. The van der Waals surface area contributed by atoms with Gasteiger partial charge in [0.2, 0.25) is 0 Å². The molecule has 0 aromatic carbocycles. The van der Waals surface area contributed by atoms with Crippen LogP contribution in [-0.2, 0) is 0 Å². The lowest BCUT2D eigenvalue weighted by atomic mass is 10.8. The third-order valence-corrected chi connectivity index (χ3v) is 0.950.